The van der Waals surface area contributed by atoms with Crippen molar-refractivity contribution in [1.82, 2.24) is 4.90 Å². The molecular formula is C14H18NO2. The van der Waals surface area contributed by atoms with E-state index < -0.39 is 0 Å². The highest BCUT2D eigenvalue weighted by molar-refractivity contribution is 5.76. The molecule has 17 heavy (non-hydrogen) atoms. The van der Waals surface area contributed by atoms with Gasteiger partial charge in [-0.1, -0.05) is 12.1 Å². The summed E-state index contributed by atoms with van der Waals surface area (Å²) in [6.07, 6.45) is 3.61. The minimum absolute atomic E-state index is 0.261. The monoisotopic (exact) mass is 232 g/mol. The third-order valence-corrected chi connectivity index (χ3v) is 3.20. The molecule has 0 aromatic heterocycles. The molecule has 91 valence electrons. The highest BCUT2D eigenvalue weighted by Crippen LogP contribution is 2.19. The SMILES string of the molecule is COc1c[c]ccc1CCC(=O)N1CCCC1. The maximum absolute atomic E-state index is 11.9. The van der Waals surface area contributed by atoms with Gasteiger partial charge < -0.3 is 9.64 Å². The summed E-state index contributed by atoms with van der Waals surface area (Å²) in [5.74, 6) is 1.08. The van der Waals surface area contributed by atoms with E-state index in [4.69, 9.17) is 4.74 Å². The fourth-order valence-electron chi connectivity index (χ4n) is 2.21. The number of rotatable bonds is 4. The maximum Gasteiger partial charge on any atom is 0.222 e. The molecule has 0 unspecified atom stereocenters. The van der Waals surface area contributed by atoms with Crippen molar-refractivity contribution in [3.63, 3.8) is 0 Å². The Morgan fingerprint density at radius 1 is 1.47 bits per heavy atom. The van der Waals surface area contributed by atoms with E-state index in [-0.39, 0.29) is 5.91 Å². The molecule has 1 heterocycles. The molecule has 0 saturated carbocycles. The van der Waals surface area contributed by atoms with E-state index >= 15 is 0 Å². The van der Waals surface area contributed by atoms with Crippen molar-refractivity contribution in [2.24, 2.45) is 0 Å². The fourth-order valence-corrected chi connectivity index (χ4v) is 2.21. The third kappa shape index (κ3) is 2.99. The number of nitrogens with zero attached hydrogens (tertiary/aromatic N) is 1. The second kappa shape index (κ2) is 5.71. The molecule has 0 aliphatic carbocycles. The average molecular weight is 232 g/mol. The lowest BCUT2D eigenvalue weighted by Crippen LogP contribution is -2.27. The number of amides is 1. The molecule has 0 N–H and O–H groups in total. The first-order valence-electron chi connectivity index (χ1n) is 6.12. The molecule has 1 aromatic rings. The van der Waals surface area contributed by atoms with E-state index in [9.17, 15) is 4.79 Å². The summed E-state index contributed by atoms with van der Waals surface area (Å²) >= 11 is 0. The molecule has 0 atom stereocenters. The van der Waals surface area contributed by atoms with Crippen LogP contribution in [0.4, 0.5) is 0 Å². The lowest BCUT2D eigenvalue weighted by atomic mass is 10.1. The predicted octanol–water partition coefficient (Wildman–Crippen LogP) is 2.05. The Bertz CT molecular complexity index is 384. The molecule has 2 rings (SSSR count). The van der Waals surface area contributed by atoms with Crippen molar-refractivity contribution >= 4 is 5.91 Å². The van der Waals surface area contributed by atoms with Crippen LogP contribution in [-0.4, -0.2) is 31.0 Å². The van der Waals surface area contributed by atoms with Gasteiger partial charge in [-0.2, -0.15) is 0 Å². The van der Waals surface area contributed by atoms with Crippen LogP contribution in [0, 0.1) is 6.07 Å². The van der Waals surface area contributed by atoms with Crippen LogP contribution < -0.4 is 4.74 Å². The zero-order valence-electron chi connectivity index (χ0n) is 10.2. The van der Waals surface area contributed by atoms with Gasteiger partial charge in [-0.05, 0) is 37.0 Å². The standard InChI is InChI=1S/C14H18NO2/c1-17-13-7-3-2-6-12(13)8-9-14(16)15-10-4-5-11-15/h2,6-7H,4-5,8-11H2,1H3. The van der Waals surface area contributed by atoms with Gasteiger partial charge in [0.25, 0.3) is 0 Å². The van der Waals surface area contributed by atoms with Gasteiger partial charge in [-0.15, -0.1) is 0 Å². The summed E-state index contributed by atoms with van der Waals surface area (Å²) in [6, 6.07) is 8.62. The number of hydrogen-bond acceptors (Lipinski definition) is 2. The van der Waals surface area contributed by atoms with Gasteiger partial charge in [-0.3, -0.25) is 4.79 Å². The summed E-state index contributed by atoms with van der Waals surface area (Å²) in [6.45, 7) is 1.86. The van der Waals surface area contributed by atoms with Gasteiger partial charge in [-0.25, -0.2) is 0 Å². The Kier molecular flexibility index (Phi) is 4.02. The first kappa shape index (κ1) is 12.0. The lowest BCUT2D eigenvalue weighted by Gasteiger charge is -2.15. The van der Waals surface area contributed by atoms with Gasteiger partial charge in [0.15, 0.2) is 0 Å². The smallest absolute Gasteiger partial charge is 0.222 e. The highest BCUT2D eigenvalue weighted by Gasteiger charge is 2.17. The van der Waals surface area contributed by atoms with Crippen molar-refractivity contribution < 1.29 is 9.53 Å². The van der Waals surface area contributed by atoms with Crippen LogP contribution in [0.5, 0.6) is 5.75 Å². The largest absolute Gasteiger partial charge is 0.496 e. The normalized spacial score (nSPS) is 15.0. The number of methoxy groups -OCH3 is 1. The Hall–Kier alpha value is -1.51. The Balaban J connectivity index is 1.90. The number of carbonyl (C=O) groups excluding carboxylic acids is 1. The summed E-state index contributed by atoms with van der Waals surface area (Å²) in [7, 11) is 1.65. The first-order valence-corrected chi connectivity index (χ1v) is 6.12. The molecule has 1 aliphatic heterocycles. The second-order valence-corrected chi connectivity index (χ2v) is 4.33. The van der Waals surface area contributed by atoms with E-state index in [1.807, 2.05) is 23.1 Å². The van der Waals surface area contributed by atoms with Crippen molar-refractivity contribution in [3.05, 3.63) is 29.8 Å². The molecule has 1 fully saturated rings. The number of benzene rings is 1. The van der Waals surface area contributed by atoms with Crippen LogP contribution in [-0.2, 0) is 11.2 Å². The Labute approximate surface area is 102 Å². The number of likely N-dealkylation sites (tertiary alicyclic amines) is 1. The molecule has 1 amide bonds. The molecule has 3 nitrogen and oxygen atoms in total. The van der Waals surface area contributed by atoms with Crippen molar-refractivity contribution in [2.75, 3.05) is 20.2 Å². The molecule has 1 aromatic carbocycles. The minimum atomic E-state index is 0.261. The highest BCUT2D eigenvalue weighted by atomic mass is 16.5. The third-order valence-electron chi connectivity index (χ3n) is 3.20. The minimum Gasteiger partial charge on any atom is -0.496 e. The van der Waals surface area contributed by atoms with Crippen LogP contribution in [0.2, 0.25) is 0 Å². The van der Waals surface area contributed by atoms with Crippen molar-refractivity contribution in [3.8, 4) is 5.75 Å². The molecule has 1 aliphatic rings. The topological polar surface area (TPSA) is 29.5 Å². The van der Waals surface area contributed by atoms with Gasteiger partial charge in [0.1, 0.15) is 5.75 Å². The van der Waals surface area contributed by atoms with E-state index in [0.29, 0.717) is 6.42 Å². The lowest BCUT2D eigenvalue weighted by molar-refractivity contribution is -0.130. The number of carbonyl (C=O) groups is 1. The first-order chi connectivity index (χ1) is 8.31. The van der Waals surface area contributed by atoms with Crippen LogP contribution in [0.3, 0.4) is 0 Å². The number of hydrogen-bond donors (Lipinski definition) is 0. The zero-order valence-corrected chi connectivity index (χ0v) is 10.2. The Morgan fingerprint density at radius 2 is 2.24 bits per heavy atom. The summed E-state index contributed by atoms with van der Waals surface area (Å²) in [5, 5.41) is 0. The summed E-state index contributed by atoms with van der Waals surface area (Å²) in [4.78, 5) is 13.9. The van der Waals surface area contributed by atoms with E-state index in [2.05, 4.69) is 6.07 Å². The number of ether oxygens (including phenoxy) is 1. The summed E-state index contributed by atoms with van der Waals surface area (Å²) in [5.41, 5.74) is 1.08. The zero-order chi connectivity index (χ0) is 12.1. The molecule has 1 saturated heterocycles. The second-order valence-electron chi connectivity index (χ2n) is 4.33. The van der Waals surface area contributed by atoms with Gasteiger partial charge in [0.05, 0.1) is 7.11 Å². The van der Waals surface area contributed by atoms with Gasteiger partial charge >= 0.3 is 0 Å². The number of aryl methyl sites for hydroxylation is 1. The summed E-state index contributed by atoms with van der Waals surface area (Å²) < 4.78 is 5.25. The molecule has 0 spiro atoms. The van der Waals surface area contributed by atoms with E-state index in [1.54, 1.807) is 7.11 Å². The molecule has 3 heteroatoms. The predicted molar refractivity (Wildman–Crippen MR) is 66.0 cm³/mol. The quantitative estimate of drug-likeness (QED) is 0.795. The van der Waals surface area contributed by atoms with Gasteiger partial charge in [0, 0.05) is 19.5 Å². The van der Waals surface area contributed by atoms with E-state index in [1.165, 1.54) is 0 Å². The maximum atomic E-state index is 11.9. The van der Waals surface area contributed by atoms with Crippen LogP contribution in [0.15, 0.2) is 18.2 Å². The van der Waals surface area contributed by atoms with Crippen LogP contribution in [0.1, 0.15) is 24.8 Å². The van der Waals surface area contributed by atoms with Crippen LogP contribution in [0.25, 0.3) is 0 Å². The van der Waals surface area contributed by atoms with E-state index in [0.717, 1.165) is 43.7 Å². The average Bonchev–Trinajstić information content (AvgIpc) is 2.90. The van der Waals surface area contributed by atoms with Crippen molar-refractivity contribution in [2.45, 2.75) is 25.7 Å². The molecule has 1 radical (unpaired) electrons. The fraction of sp³-hybridized carbons (Fsp3) is 0.500. The molecular weight excluding hydrogens is 214 g/mol. The Morgan fingerprint density at radius 3 is 2.94 bits per heavy atom. The van der Waals surface area contributed by atoms with Crippen molar-refractivity contribution in [1.29, 1.82) is 0 Å². The van der Waals surface area contributed by atoms with Crippen LogP contribution >= 0.6 is 0 Å². The van der Waals surface area contributed by atoms with Gasteiger partial charge in [0.2, 0.25) is 5.91 Å². The molecule has 0 bridgehead atoms.